The van der Waals surface area contributed by atoms with E-state index < -0.39 is 12.2 Å². The van der Waals surface area contributed by atoms with Gasteiger partial charge in [0.2, 0.25) is 0 Å². The second kappa shape index (κ2) is 6.10. The Balaban J connectivity index is 3.01. The van der Waals surface area contributed by atoms with Crippen molar-refractivity contribution in [3.8, 4) is 0 Å². The second-order valence-electron chi connectivity index (χ2n) is 3.55. The molecule has 1 aromatic rings. The molecule has 1 amide bonds. The summed E-state index contributed by atoms with van der Waals surface area (Å²) in [5.41, 5.74) is 0.316. The highest BCUT2D eigenvalue weighted by Crippen LogP contribution is 2.29. The Bertz CT molecular complexity index is 412. The fraction of sp³-hybridized carbons (Fsp3) is 0.364. The molecule has 1 rings (SSSR count). The Kier molecular flexibility index (Phi) is 5.05. The van der Waals surface area contributed by atoms with Crippen molar-refractivity contribution < 1.29 is 15.0 Å². The number of hydrogen-bond acceptors (Lipinski definition) is 2. The topological polar surface area (TPSA) is 60.8 Å². The number of aliphatic hydroxyl groups excluding tert-OH is 1. The van der Waals surface area contributed by atoms with Crippen LogP contribution in [0.5, 0.6) is 0 Å². The molecule has 4 nitrogen and oxygen atoms in total. The molecule has 0 aliphatic carbocycles. The van der Waals surface area contributed by atoms with Gasteiger partial charge in [-0.2, -0.15) is 0 Å². The highest BCUT2D eigenvalue weighted by atomic mass is 35.5. The van der Waals surface area contributed by atoms with Crippen molar-refractivity contribution in [1.82, 2.24) is 0 Å². The number of amides is 1. The third-order valence-corrected chi connectivity index (χ3v) is 2.83. The minimum atomic E-state index is -1.17. The van der Waals surface area contributed by atoms with Crippen molar-refractivity contribution in [2.75, 3.05) is 11.4 Å². The molecule has 0 radical (unpaired) electrons. The standard InChI is InChI=1S/C11H13Cl2NO3/c1-2-8(15)6-14(11(16)17)10-4-3-7(12)5-9(10)13/h3-5,8,15H,2,6H2,1H3,(H,16,17)/t8-/m0/s1. The number of anilines is 1. The fourth-order valence-electron chi connectivity index (χ4n) is 1.32. The number of carbonyl (C=O) groups is 1. The summed E-state index contributed by atoms with van der Waals surface area (Å²) in [7, 11) is 0. The van der Waals surface area contributed by atoms with Crippen molar-refractivity contribution in [2.24, 2.45) is 0 Å². The van der Waals surface area contributed by atoms with Gasteiger partial charge in [0.1, 0.15) is 0 Å². The first-order valence-corrected chi connectivity index (χ1v) is 5.84. The van der Waals surface area contributed by atoms with E-state index in [0.717, 1.165) is 4.90 Å². The molecule has 0 saturated carbocycles. The highest BCUT2D eigenvalue weighted by molar-refractivity contribution is 6.36. The monoisotopic (exact) mass is 277 g/mol. The third kappa shape index (κ3) is 3.77. The first-order valence-electron chi connectivity index (χ1n) is 5.09. The number of carboxylic acid groups (broad SMARTS) is 1. The Labute approximate surface area is 109 Å². The maximum Gasteiger partial charge on any atom is 0.411 e. The summed E-state index contributed by atoms with van der Waals surface area (Å²) in [6.45, 7) is 1.75. The van der Waals surface area contributed by atoms with Gasteiger partial charge in [0.25, 0.3) is 0 Å². The van der Waals surface area contributed by atoms with Gasteiger partial charge in [0.15, 0.2) is 0 Å². The predicted octanol–water partition coefficient (Wildman–Crippen LogP) is 3.25. The lowest BCUT2D eigenvalue weighted by Gasteiger charge is -2.22. The van der Waals surface area contributed by atoms with E-state index in [4.69, 9.17) is 28.3 Å². The molecule has 6 heteroatoms. The molecule has 0 bridgehead atoms. The van der Waals surface area contributed by atoms with Gasteiger partial charge in [-0.15, -0.1) is 0 Å². The van der Waals surface area contributed by atoms with Crippen LogP contribution in [0.1, 0.15) is 13.3 Å². The van der Waals surface area contributed by atoms with Crippen LogP contribution in [0, 0.1) is 0 Å². The number of nitrogens with zero attached hydrogens (tertiary/aromatic N) is 1. The number of benzene rings is 1. The number of hydrogen-bond donors (Lipinski definition) is 2. The molecule has 94 valence electrons. The van der Waals surface area contributed by atoms with Gasteiger partial charge in [-0.3, -0.25) is 4.90 Å². The Hall–Kier alpha value is -0.970. The van der Waals surface area contributed by atoms with Crippen molar-refractivity contribution >= 4 is 35.0 Å². The van der Waals surface area contributed by atoms with Crippen LogP contribution in [0.15, 0.2) is 18.2 Å². The molecule has 0 unspecified atom stereocenters. The summed E-state index contributed by atoms with van der Waals surface area (Å²) >= 11 is 11.7. The number of halogens is 2. The lowest BCUT2D eigenvalue weighted by molar-refractivity contribution is 0.165. The highest BCUT2D eigenvalue weighted by Gasteiger charge is 2.20. The van der Waals surface area contributed by atoms with Gasteiger partial charge in [-0.25, -0.2) is 4.79 Å². The summed E-state index contributed by atoms with van der Waals surface area (Å²) < 4.78 is 0. The zero-order chi connectivity index (χ0) is 13.0. The van der Waals surface area contributed by atoms with E-state index in [1.165, 1.54) is 12.1 Å². The van der Waals surface area contributed by atoms with Crippen LogP contribution >= 0.6 is 23.2 Å². The maximum absolute atomic E-state index is 11.1. The first-order chi connectivity index (χ1) is 7.95. The van der Waals surface area contributed by atoms with E-state index in [9.17, 15) is 9.90 Å². The molecule has 2 N–H and O–H groups in total. The Morgan fingerprint density at radius 2 is 2.12 bits per heavy atom. The SMILES string of the molecule is CC[C@H](O)CN(C(=O)O)c1ccc(Cl)cc1Cl. The third-order valence-electron chi connectivity index (χ3n) is 2.30. The van der Waals surface area contributed by atoms with Crippen LogP contribution < -0.4 is 4.90 Å². The summed E-state index contributed by atoms with van der Waals surface area (Å²) in [5, 5.41) is 19.3. The fourth-order valence-corrected chi connectivity index (χ4v) is 1.83. The van der Waals surface area contributed by atoms with Crippen LogP contribution in [0.4, 0.5) is 10.5 Å². The van der Waals surface area contributed by atoms with Gasteiger partial charge in [-0.05, 0) is 24.6 Å². The largest absolute Gasteiger partial charge is 0.465 e. The van der Waals surface area contributed by atoms with E-state index in [1.807, 2.05) is 0 Å². The average Bonchev–Trinajstić information content (AvgIpc) is 2.26. The summed E-state index contributed by atoms with van der Waals surface area (Å²) in [6.07, 6.45) is -1.42. The summed E-state index contributed by atoms with van der Waals surface area (Å²) in [5.74, 6) is 0. The molecular weight excluding hydrogens is 265 g/mol. The zero-order valence-electron chi connectivity index (χ0n) is 9.23. The van der Waals surface area contributed by atoms with E-state index >= 15 is 0 Å². The molecule has 1 atom stereocenters. The molecule has 1 aromatic carbocycles. The van der Waals surface area contributed by atoms with E-state index in [1.54, 1.807) is 13.0 Å². The van der Waals surface area contributed by atoms with E-state index in [-0.39, 0.29) is 11.6 Å². The van der Waals surface area contributed by atoms with E-state index in [2.05, 4.69) is 0 Å². The molecule has 0 heterocycles. The molecule has 0 fully saturated rings. The molecule has 0 saturated heterocycles. The predicted molar refractivity (Wildman–Crippen MR) is 68.1 cm³/mol. The average molecular weight is 278 g/mol. The zero-order valence-corrected chi connectivity index (χ0v) is 10.7. The number of rotatable bonds is 4. The van der Waals surface area contributed by atoms with Crippen LogP contribution in [0.3, 0.4) is 0 Å². The lowest BCUT2D eigenvalue weighted by Crippen LogP contribution is -2.36. The smallest absolute Gasteiger partial charge is 0.411 e. The summed E-state index contributed by atoms with van der Waals surface area (Å²) in [4.78, 5) is 12.1. The Morgan fingerprint density at radius 1 is 1.47 bits per heavy atom. The quantitative estimate of drug-likeness (QED) is 0.888. The number of aliphatic hydroxyl groups is 1. The van der Waals surface area contributed by atoms with Crippen molar-refractivity contribution in [2.45, 2.75) is 19.4 Å². The molecule has 0 aliphatic heterocycles. The van der Waals surface area contributed by atoms with Crippen LogP contribution in [-0.4, -0.2) is 29.0 Å². The van der Waals surface area contributed by atoms with Gasteiger partial charge >= 0.3 is 6.09 Å². The maximum atomic E-state index is 11.1. The lowest BCUT2D eigenvalue weighted by atomic mass is 10.2. The molecule has 0 spiro atoms. The van der Waals surface area contributed by atoms with Gasteiger partial charge in [-0.1, -0.05) is 30.1 Å². The Morgan fingerprint density at radius 3 is 2.59 bits per heavy atom. The van der Waals surface area contributed by atoms with Crippen molar-refractivity contribution in [3.63, 3.8) is 0 Å². The van der Waals surface area contributed by atoms with Crippen LogP contribution in [0.2, 0.25) is 10.0 Å². The molecule has 0 aromatic heterocycles. The van der Waals surface area contributed by atoms with Gasteiger partial charge in [0.05, 0.1) is 23.4 Å². The van der Waals surface area contributed by atoms with Gasteiger partial charge < -0.3 is 10.2 Å². The molecule has 0 aliphatic rings. The van der Waals surface area contributed by atoms with E-state index in [0.29, 0.717) is 17.1 Å². The van der Waals surface area contributed by atoms with Crippen LogP contribution in [0.25, 0.3) is 0 Å². The van der Waals surface area contributed by atoms with Gasteiger partial charge in [0, 0.05) is 5.02 Å². The minimum Gasteiger partial charge on any atom is -0.465 e. The first kappa shape index (κ1) is 14.1. The molecular formula is C11H13Cl2NO3. The van der Waals surface area contributed by atoms with Crippen molar-refractivity contribution in [1.29, 1.82) is 0 Å². The van der Waals surface area contributed by atoms with Crippen LogP contribution in [-0.2, 0) is 0 Å². The summed E-state index contributed by atoms with van der Waals surface area (Å²) in [6, 6.07) is 4.53. The normalized spacial score (nSPS) is 12.2. The van der Waals surface area contributed by atoms with Crippen molar-refractivity contribution in [3.05, 3.63) is 28.2 Å². The second-order valence-corrected chi connectivity index (χ2v) is 4.39. The molecule has 17 heavy (non-hydrogen) atoms. The minimum absolute atomic E-state index is 0.0206.